The molecule has 142 valence electrons. The Hall–Kier alpha value is -2.77. The number of esters is 1. The monoisotopic (exact) mass is 371 g/mol. The second-order valence-corrected chi connectivity index (χ2v) is 6.45. The van der Waals surface area contributed by atoms with Gasteiger partial charge in [-0.2, -0.15) is 5.48 Å². The minimum atomic E-state index is -0.461. The van der Waals surface area contributed by atoms with Gasteiger partial charge in [-0.25, -0.2) is 0 Å². The molecule has 0 spiro atoms. The fourth-order valence-electron chi connectivity index (χ4n) is 3.61. The molecule has 2 aliphatic rings. The molecule has 0 radical (unpaired) electrons. The molecular formula is C20H21NO6. The van der Waals surface area contributed by atoms with Crippen molar-refractivity contribution in [1.82, 2.24) is 5.48 Å². The predicted octanol–water partition coefficient (Wildman–Crippen LogP) is 2.57. The largest absolute Gasteiger partial charge is 0.497 e. The number of methoxy groups -OCH3 is 2. The number of ether oxygens (including phenoxy) is 4. The Morgan fingerprint density at radius 2 is 1.78 bits per heavy atom. The zero-order valence-electron chi connectivity index (χ0n) is 15.1. The van der Waals surface area contributed by atoms with Gasteiger partial charge in [-0.05, 0) is 35.4 Å². The Labute approximate surface area is 157 Å². The Morgan fingerprint density at radius 1 is 1.04 bits per heavy atom. The zero-order chi connectivity index (χ0) is 18.8. The average Bonchev–Trinajstić information content (AvgIpc) is 3.20. The first kappa shape index (κ1) is 17.6. The number of hydrogen-bond acceptors (Lipinski definition) is 7. The van der Waals surface area contributed by atoms with Crippen LogP contribution in [0.1, 0.15) is 23.1 Å². The van der Waals surface area contributed by atoms with Crippen LogP contribution in [-0.4, -0.2) is 33.6 Å². The highest BCUT2D eigenvalue weighted by molar-refractivity contribution is 5.75. The molecule has 2 aromatic carbocycles. The number of carbonyl (C=O) groups is 1. The van der Waals surface area contributed by atoms with Crippen LogP contribution in [0.5, 0.6) is 17.2 Å². The normalized spacial score (nSPS) is 23.7. The predicted molar refractivity (Wildman–Crippen MR) is 95.6 cm³/mol. The standard InChI is InChI=1S/C20H21NO6/c1-23-14-6-3-12(4-7-14)19-18(20(22)24-2)15(10-27-21-19)13-5-8-16-17(9-13)26-11-25-16/h3-9,15,18-19,21H,10-11H2,1-2H3/t15-,18-,19+/m1/s1. The summed E-state index contributed by atoms with van der Waals surface area (Å²) in [7, 11) is 3.02. The third-order valence-electron chi connectivity index (χ3n) is 5.04. The number of fused-ring (bicyclic) bond motifs is 1. The Balaban J connectivity index is 1.69. The van der Waals surface area contributed by atoms with Crippen LogP contribution in [0.4, 0.5) is 0 Å². The third kappa shape index (κ3) is 3.31. The minimum Gasteiger partial charge on any atom is -0.497 e. The molecule has 7 nitrogen and oxygen atoms in total. The van der Waals surface area contributed by atoms with Crippen LogP contribution in [0, 0.1) is 5.92 Å². The molecule has 3 atom stereocenters. The van der Waals surface area contributed by atoms with Crippen molar-refractivity contribution in [2.45, 2.75) is 12.0 Å². The second kappa shape index (κ2) is 7.46. The van der Waals surface area contributed by atoms with Crippen LogP contribution in [0.2, 0.25) is 0 Å². The summed E-state index contributed by atoms with van der Waals surface area (Å²) in [6.45, 7) is 0.544. The Kier molecular flexibility index (Phi) is 4.87. The number of nitrogens with one attached hydrogen (secondary N) is 1. The number of hydroxylamine groups is 1. The molecule has 1 N–H and O–H groups in total. The molecule has 0 amide bonds. The molecule has 1 saturated heterocycles. The quantitative estimate of drug-likeness (QED) is 0.828. The molecule has 4 rings (SSSR count). The fraction of sp³-hybridized carbons (Fsp3) is 0.350. The zero-order valence-corrected chi connectivity index (χ0v) is 15.1. The molecule has 2 heterocycles. The van der Waals surface area contributed by atoms with E-state index in [1.165, 1.54) is 7.11 Å². The van der Waals surface area contributed by atoms with Gasteiger partial charge in [0.25, 0.3) is 0 Å². The highest BCUT2D eigenvalue weighted by Crippen LogP contribution is 2.42. The van der Waals surface area contributed by atoms with E-state index in [9.17, 15) is 4.79 Å². The van der Waals surface area contributed by atoms with Gasteiger partial charge in [0.1, 0.15) is 5.75 Å². The summed E-state index contributed by atoms with van der Waals surface area (Å²) >= 11 is 0. The van der Waals surface area contributed by atoms with Crippen molar-refractivity contribution < 1.29 is 28.6 Å². The maximum Gasteiger partial charge on any atom is 0.311 e. The summed E-state index contributed by atoms with van der Waals surface area (Å²) in [4.78, 5) is 18.3. The lowest BCUT2D eigenvalue weighted by Gasteiger charge is -2.37. The van der Waals surface area contributed by atoms with Crippen molar-refractivity contribution in [3.63, 3.8) is 0 Å². The number of rotatable bonds is 4. The van der Waals surface area contributed by atoms with Crippen molar-refractivity contribution in [3.8, 4) is 17.2 Å². The van der Waals surface area contributed by atoms with Crippen LogP contribution in [0.15, 0.2) is 42.5 Å². The van der Waals surface area contributed by atoms with Crippen LogP contribution in [0.3, 0.4) is 0 Å². The van der Waals surface area contributed by atoms with E-state index in [1.807, 2.05) is 42.5 Å². The first-order chi connectivity index (χ1) is 13.2. The van der Waals surface area contributed by atoms with E-state index in [4.69, 9.17) is 23.8 Å². The van der Waals surface area contributed by atoms with Gasteiger partial charge >= 0.3 is 5.97 Å². The van der Waals surface area contributed by atoms with E-state index < -0.39 is 5.92 Å². The molecule has 0 bridgehead atoms. The molecule has 27 heavy (non-hydrogen) atoms. The van der Waals surface area contributed by atoms with E-state index in [0.717, 1.165) is 16.9 Å². The van der Waals surface area contributed by atoms with Gasteiger partial charge in [-0.3, -0.25) is 4.79 Å². The number of hydrogen-bond donors (Lipinski definition) is 1. The van der Waals surface area contributed by atoms with Crippen molar-refractivity contribution in [2.24, 2.45) is 5.92 Å². The Bertz CT molecular complexity index is 822. The molecule has 0 saturated carbocycles. The minimum absolute atomic E-state index is 0.194. The van der Waals surface area contributed by atoms with Crippen LogP contribution in [-0.2, 0) is 14.4 Å². The smallest absolute Gasteiger partial charge is 0.311 e. The molecule has 7 heteroatoms. The van der Waals surface area contributed by atoms with Crippen molar-refractivity contribution in [3.05, 3.63) is 53.6 Å². The first-order valence-corrected chi connectivity index (χ1v) is 8.70. The van der Waals surface area contributed by atoms with Crippen LogP contribution in [0.25, 0.3) is 0 Å². The molecule has 2 aromatic rings. The van der Waals surface area contributed by atoms with E-state index in [0.29, 0.717) is 18.1 Å². The van der Waals surface area contributed by atoms with E-state index in [1.54, 1.807) is 7.11 Å². The van der Waals surface area contributed by atoms with Crippen molar-refractivity contribution in [2.75, 3.05) is 27.6 Å². The van der Waals surface area contributed by atoms with Gasteiger partial charge in [0.05, 0.1) is 32.8 Å². The molecule has 0 unspecified atom stereocenters. The summed E-state index contributed by atoms with van der Waals surface area (Å²) < 4.78 is 21.2. The van der Waals surface area contributed by atoms with Crippen molar-refractivity contribution in [1.29, 1.82) is 0 Å². The molecule has 1 fully saturated rings. The lowest BCUT2D eigenvalue weighted by molar-refractivity contribution is -0.156. The summed E-state index contributed by atoms with van der Waals surface area (Å²) in [5.74, 6) is 1.18. The van der Waals surface area contributed by atoms with E-state index >= 15 is 0 Å². The molecule has 0 aliphatic carbocycles. The number of carbonyl (C=O) groups excluding carboxylic acids is 1. The van der Waals surface area contributed by atoms with Gasteiger partial charge in [-0.1, -0.05) is 18.2 Å². The van der Waals surface area contributed by atoms with E-state index in [2.05, 4.69) is 5.48 Å². The van der Waals surface area contributed by atoms with Gasteiger partial charge in [0.15, 0.2) is 11.5 Å². The maximum atomic E-state index is 12.7. The highest BCUT2D eigenvalue weighted by Gasteiger charge is 2.42. The molecule has 2 aliphatic heterocycles. The maximum absolute atomic E-state index is 12.7. The lowest BCUT2D eigenvalue weighted by Crippen LogP contribution is -2.44. The average molecular weight is 371 g/mol. The fourth-order valence-corrected chi connectivity index (χ4v) is 3.61. The molecular weight excluding hydrogens is 350 g/mol. The van der Waals surface area contributed by atoms with Gasteiger partial charge in [0.2, 0.25) is 6.79 Å². The SMILES string of the molecule is COC(=O)[C@@H]1[C@@H](c2ccc3c(c2)OCO3)CON[C@H]1c1ccc(OC)cc1. The van der Waals surface area contributed by atoms with Gasteiger partial charge in [-0.15, -0.1) is 0 Å². The highest BCUT2D eigenvalue weighted by atomic mass is 16.7. The van der Waals surface area contributed by atoms with Crippen LogP contribution >= 0.6 is 0 Å². The summed E-state index contributed by atoms with van der Waals surface area (Å²) in [6, 6.07) is 12.9. The first-order valence-electron chi connectivity index (χ1n) is 8.70. The lowest BCUT2D eigenvalue weighted by atomic mass is 9.78. The third-order valence-corrected chi connectivity index (χ3v) is 5.04. The van der Waals surface area contributed by atoms with E-state index in [-0.39, 0.29) is 24.7 Å². The second-order valence-electron chi connectivity index (χ2n) is 6.45. The topological polar surface area (TPSA) is 75.3 Å². The Morgan fingerprint density at radius 3 is 2.52 bits per heavy atom. The van der Waals surface area contributed by atoms with Crippen molar-refractivity contribution >= 4 is 5.97 Å². The summed E-state index contributed by atoms with van der Waals surface area (Å²) in [5, 5.41) is 0. The summed E-state index contributed by atoms with van der Waals surface area (Å²) in [6.07, 6.45) is 0. The van der Waals surface area contributed by atoms with Gasteiger partial charge < -0.3 is 23.8 Å². The summed E-state index contributed by atoms with van der Waals surface area (Å²) in [5.41, 5.74) is 4.85. The molecule has 0 aromatic heterocycles. The number of benzene rings is 2. The van der Waals surface area contributed by atoms with Crippen LogP contribution < -0.4 is 19.7 Å². The van der Waals surface area contributed by atoms with Gasteiger partial charge in [0, 0.05) is 5.92 Å².